The highest BCUT2D eigenvalue weighted by molar-refractivity contribution is 5.99. The van der Waals surface area contributed by atoms with Gasteiger partial charge >= 0.3 is 6.03 Å². The van der Waals surface area contributed by atoms with Gasteiger partial charge in [0.15, 0.2) is 0 Å². The quantitative estimate of drug-likeness (QED) is 0.207. The molecule has 8 heteroatoms. The van der Waals surface area contributed by atoms with Crippen LogP contribution in [0.4, 0.5) is 16.3 Å². The van der Waals surface area contributed by atoms with Gasteiger partial charge in [-0.15, -0.1) is 0 Å². The summed E-state index contributed by atoms with van der Waals surface area (Å²) >= 11 is 0. The smallest absolute Gasteiger partial charge is 0.324 e. The summed E-state index contributed by atoms with van der Waals surface area (Å²) < 4.78 is 7.61. The number of hydrogen-bond acceptors (Lipinski definition) is 5. The van der Waals surface area contributed by atoms with Crippen LogP contribution in [0.3, 0.4) is 0 Å². The number of amides is 2. The molecule has 2 amide bonds. The zero-order chi connectivity index (χ0) is 26.3. The molecule has 2 aromatic heterocycles. The maximum atomic E-state index is 13.1. The summed E-state index contributed by atoms with van der Waals surface area (Å²) in [6.45, 7) is 2.55. The number of benzene rings is 3. The van der Waals surface area contributed by atoms with Gasteiger partial charge in [0.05, 0.1) is 17.6 Å². The molecule has 5 rings (SSSR count). The molecule has 0 aliphatic rings. The number of pyridine rings is 1. The minimum atomic E-state index is -0.383. The molecule has 0 aliphatic heterocycles. The number of nitrogens with two attached hydrogens (primary N) is 1. The molecule has 0 spiro atoms. The average Bonchev–Trinajstić information content (AvgIpc) is 3.34. The molecule has 0 saturated heterocycles. The number of aromatic nitrogens is 3. The fourth-order valence-corrected chi connectivity index (χ4v) is 4.32. The van der Waals surface area contributed by atoms with E-state index in [1.165, 1.54) is 0 Å². The van der Waals surface area contributed by atoms with Crippen LogP contribution >= 0.6 is 0 Å². The molecule has 0 saturated carbocycles. The summed E-state index contributed by atoms with van der Waals surface area (Å²) in [7, 11) is 0. The first kappa shape index (κ1) is 25.0. The average molecular weight is 507 g/mol. The van der Waals surface area contributed by atoms with Crippen molar-refractivity contribution in [3.63, 3.8) is 0 Å². The maximum absolute atomic E-state index is 13.1. The highest BCUT2D eigenvalue weighted by Crippen LogP contribution is 2.27. The Labute approximate surface area is 221 Å². The van der Waals surface area contributed by atoms with Crippen molar-refractivity contribution in [3.05, 3.63) is 103 Å². The fourth-order valence-electron chi connectivity index (χ4n) is 4.32. The van der Waals surface area contributed by atoms with E-state index in [0.29, 0.717) is 29.5 Å². The number of carbonyl (C=O) groups excluding carboxylic acids is 1. The van der Waals surface area contributed by atoms with Crippen molar-refractivity contribution in [1.82, 2.24) is 14.8 Å². The van der Waals surface area contributed by atoms with E-state index in [4.69, 9.17) is 15.6 Å². The minimum Gasteiger partial charge on any atom is -0.456 e. The molecule has 8 nitrogen and oxygen atoms in total. The number of carbonyl (C=O) groups is 1. The van der Waals surface area contributed by atoms with E-state index in [-0.39, 0.29) is 6.03 Å². The number of anilines is 2. The second-order valence-electron chi connectivity index (χ2n) is 8.96. The molecule has 38 heavy (non-hydrogen) atoms. The van der Waals surface area contributed by atoms with Crippen LogP contribution in [0.5, 0.6) is 11.5 Å². The van der Waals surface area contributed by atoms with Crippen molar-refractivity contribution in [2.45, 2.75) is 32.7 Å². The Kier molecular flexibility index (Phi) is 7.61. The molecular weight excluding hydrogens is 476 g/mol. The number of nitrogens with one attached hydrogen (secondary N) is 2. The van der Waals surface area contributed by atoms with Crippen LogP contribution in [-0.4, -0.2) is 20.8 Å². The number of rotatable bonds is 9. The van der Waals surface area contributed by atoms with E-state index in [1.54, 1.807) is 35.3 Å². The lowest BCUT2D eigenvalue weighted by Gasteiger charge is -2.13. The van der Waals surface area contributed by atoms with Crippen LogP contribution in [-0.2, 0) is 13.0 Å². The lowest BCUT2D eigenvalue weighted by Crippen LogP contribution is -2.21. The van der Waals surface area contributed by atoms with Crippen molar-refractivity contribution in [2.24, 2.45) is 5.73 Å². The molecule has 0 unspecified atom stereocenters. The van der Waals surface area contributed by atoms with E-state index >= 15 is 0 Å². The molecule has 192 valence electrons. The molecule has 5 aromatic rings. The molecule has 0 bridgehead atoms. The second-order valence-corrected chi connectivity index (χ2v) is 8.96. The summed E-state index contributed by atoms with van der Waals surface area (Å²) in [6.07, 6.45) is 6.21. The van der Waals surface area contributed by atoms with Gasteiger partial charge in [-0.25, -0.2) is 9.48 Å². The first-order valence-corrected chi connectivity index (χ1v) is 12.7. The monoisotopic (exact) mass is 506 g/mol. The summed E-state index contributed by atoms with van der Waals surface area (Å²) in [4.78, 5) is 17.1. The second kappa shape index (κ2) is 11.6. The Bertz CT molecular complexity index is 1550. The van der Waals surface area contributed by atoms with Crippen LogP contribution in [0.1, 0.15) is 31.0 Å². The summed E-state index contributed by atoms with van der Waals surface area (Å²) in [5.41, 5.74) is 9.44. The highest BCUT2D eigenvalue weighted by atomic mass is 16.5. The Balaban J connectivity index is 1.40. The number of ether oxygens (including phenoxy) is 1. The number of urea groups is 1. The van der Waals surface area contributed by atoms with Gasteiger partial charge in [0.25, 0.3) is 0 Å². The number of nitrogens with zero attached hydrogens (tertiary/aromatic N) is 3. The number of fused-ring (bicyclic) bond motifs is 1. The van der Waals surface area contributed by atoms with E-state index in [1.807, 2.05) is 42.5 Å². The van der Waals surface area contributed by atoms with Crippen molar-refractivity contribution in [1.29, 1.82) is 0 Å². The molecule has 0 fully saturated rings. The largest absolute Gasteiger partial charge is 0.456 e. The van der Waals surface area contributed by atoms with Crippen molar-refractivity contribution >= 4 is 28.3 Å². The van der Waals surface area contributed by atoms with Gasteiger partial charge in [0.1, 0.15) is 17.3 Å². The zero-order valence-electron chi connectivity index (χ0n) is 21.2. The fraction of sp³-hybridized carbons (Fsp3) is 0.167. The number of unbranched alkanes of at least 4 members (excludes halogenated alkanes) is 1. The maximum Gasteiger partial charge on any atom is 0.324 e. The summed E-state index contributed by atoms with van der Waals surface area (Å²) in [5.74, 6) is 1.78. The van der Waals surface area contributed by atoms with Crippen molar-refractivity contribution < 1.29 is 9.53 Å². The third-order valence-electron chi connectivity index (χ3n) is 6.15. The van der Waals surface area contributed by atoms with Crippen LogP contribution < -0.4 is 21.1 Å². The predicted molar refractivity (Wildman–Crippen MR) is 151 cm³/mol. The van der Waals surface area contributed by atoms with E-state index in [0.717, 1.165) is 47.0 Å². The van der Waals surface area contributed by atoms with E-state index in [9.17, 15) is 4.79 Å². The SMILES string of the molecule is CCCCc1cc(NC(=O)Nc2cccc(Oc3cccnc3)c2)n(-c2cc(CN)c3ccccc3c2)n1. The molecule has 2 heterocycles. The molecule has 0 aliphatic carbocycles. The van der Waals surface area contributed by atoms with Gasteiger partial charge in [-0.2, -0.15) is 5.10 Å². The zero-order valence-corrected chi connectivity index (χ0v) is 21.2. The number of hydrogen-bond donors (Lipinski definition) is 3. The summed E-state index contributed by atoms with van der Waals surface area (Å²) in [5, 5.41) is 12.9. The Morgan fingerprint density at radius 1 is 0.974 bits per heavy atom. The molecular formula is C30H30N6O2. The number of aryl methyl sites for hydroxylation is 1. The van der Waals surface area contributed by atoms with Crippen LogP contribution in [0, 0.1) is 0 Å². The van der Waals surface area contributed by atoms with Crippen LogP contribution in [0.25, 0.3) is 16.5 Å². The molecule has 4 N–H and O–H groups in total. The lowest BCUT2D eigenvalue weighted by atomic mass is 10.0. The predicted octanol–water partition coefficient (Wildman–Crippen LogP) is 6.66. The molecule has 0 atom stereocenters. The minimum absolute atomic E-state index is 0.383. The van der Waals surface area contributed by atoms with E-state index < -0.39 is 0 Å². The van der Waals surface area contributed by atoms with Gasteiger partial charge in [-0.3, -0.25) is 10.3 Å². The highest BCUT2D eigenvalue weighted by Gasteiger charge is 2.15. The van der Waals surface area contributed by atoms with Gasteiger partial charge in [-0.05, 0) is 65.6 Å². The Morgan fingerprint density at radius 3 is 2.66 bits per heavy atom. The molecule has 0 radical (unpaired) electrons. The standard InChI is InChI=1S/C30H30N6O2/c1-2-3-9-24-18-29(36(35-24)25-15-21-8-4-5-13-28(21)22(16-25)19-31)34-30(37)33-23-10-6-11-26(17-23)38-27-12-7-14-32-20-27/h4-8,10-18,20H,2-3,9,19,31H2,1H3,(H2,33,34,37). The third-order valence-corrected chi connectivity index (χ3v) is 6.15. The Hall–Kier alpha value is -4.69. The Morgan fingerprint density at radius 2 is 1.84 bits per heavy atom. The third kappa shape index (κ3) is 5.82. The van der Waals surface area contributed by atoms with Crippen molar-refractivity contribution in [2.75, 3.05) is 10.6 Å². The van der Waals surface area contributed by atoms with Crippen LogP contribution in [0.15, 0.2) is 91.3 Å². The van der Waals surface area contributed by atoms with Crippen molar-refractivity contribution in [3.8, 4) is 17.2 Å². The topological polar surface area (TPSA) is 107 Å². The normalized spacial score (nSPS) is 10.9. The lowest BCUT2D eigenvalue weighted by molar-refractivity contribution is 0.262. The van der Waals surface area contributed by atoms with Gasteiger partial charge in [0.2, 0.25) is 0 Å². The first-order valence-electron chi connectivity index (χ1n) is 12.7. The van der Waals surface area contributed by atoms with Gasteiger partial charge < -0.3 is 15.8 Å². The van der Waals surface area contributed by atoms with Crippen LogP contribution in [0.2, 0.25) is 0 Å². The van der Waals surface area contributed by atoms with E-state index in [2.05, 4.69) is 40.7 Å². The first-order chi connectivity index (χ1) is 18.6. The molecule has 3 aromatic carbocycles. The summed E-state index contributed by atoms with van der Waals surface area (Å²) in [6, 6.07) is 24.6. The van der Waals surface area contributed by atoms with Gasteiger partial charge in [-0.1, -0.05) is 43.7 Å². The van der Waals surface area contributed by atoms with Gasteiger partial charge in [0, 0.05) is 30.6 Å².